The molecular weight excluding hydrogens is 244 g/mol. The standard InChI is InChI=1S/C13H18N4O2/c1-9(2)6-17-8-10(4-12(15-19)13(17)18)11-5-14-16(3)7-11/h4-5,7-9,15,19H,6H2,1-3H3. The molecule has 2 aromatic rings. The minimum atomic E-state index is -0.233. The van der Waals surface area contributed by atoms with Crippen LogP contribution in [-0.4, -0.2) is 19.6 Å². The molecule has 0 aliphatic heterocycles. The van der Waals surface area contributed by atoms with Gasteiger partial charge in [-0.05, 0) is 12.0 Å². The highest BCUT2D eigenvalue weighted by molar-refractivity contribution is 5.65. The molecule has 6 nitrogen and oxygen atoms in total. The molecule has 0 aliphatic rings. The maximum absolute atomic E-state index is 12.0. The maximum Gasteiger partial charge on any atom is 0.276 e. The van der Waals surface area contributed by atoms with Crippen LogP contribution in [0.3, 0.4) is 0 Å². The summed E-state index contributed by atoms with van der Waals surface area (Å²) in [6, 6.07) is 1.62. The summed E-state index contributed by atoms with van der Waals surface area (Å²) in [4.78, 5) is 12.0. The molecule has 0 saturated heterocycles. The van der Waals surface area contributed by atoms with E-state index in [0.29, 0.717) is 12.5 Å². The second-order valence-electron chi connectivity index (χ2n) is 5.01. The van der Waals surface area contributed by atoms with Crippen LogP contribution in [0.15, 0.2) is 29.5 Å². The normalized spacial score (nSPS) is 11.0. The molecule has 2 N–H and O–H groups in total. The Balaban J connectivity index is 2.53. The predicted octanol–water partition coefficient (Wildman–Crippen LogP) is 1.71. The molecule has 0 amide bonds. The molecule has 19 heavy (non-hydrogen) atoms. The van der Waals surface area contributed by atoms with E-state index < -0.39 is 0 Å². The molecule has 0 aliphatic carbocycles. The van der Waals surface area contributed by atoms with Gasteiger partial charge < -0.3 is 4.57 Å². The zero-order valence-corrected chi connectivity index (χ0v) is 11.3. The highest BCUT2D eigenvalue weighted by Crippen LogP contribution is 2.20. The summed E-state index contributed by atoms with van der Waals surface area (Å²) in [7, 11) is 1.83. The second-order valence-corrected chi connectivity index (χ2v) is 5.01. The van der Waals surface area contributed by atoms with Crippen molar-refractivity contribution in [3.8, 4) is 11.1 Å². The average Bonchev–Trinajstić information content (AvgIpc) is 2.78. The van der Waals surface area contributed by atoms with Gasteiger partial charge in [0.15, 0.2) is 0 Å². The molecule has 2 aromatic heterocycles. The van der Waals surface area contributed by atoms with Crippen LogP contribution in [0.4, 0.5) is 5.69 Å². The molecule has 0 atom stereocenters. The highest BCUT2D eigenvalue weighted by Gasteiger charge is 2.10. The van der Waals surface area contributed by atoms with Gasteiger partial charge in [0.05, 0.1) is 6.20 Å². The van der Waals surface area contributed by atoms with Crippen LogP contribution >= 0.6 is 0 Å². The molecule has 2 heterocycles. The van der Waals surface area contributed by atoms with E-state index in [-0.39, 0.29) is 11.2 Å². The fourth-order valence-electron chi connectivity index (χ4n) is 1.97. The number of rotatable bonds is 4. The maximum atomic E-state index is 12.0. The molecule has 6 heteroatoms. The lowest BCUT2D eigenvalue weighted by molar-refractivity contribution is 0.386. The van der Waals surface area contributed by atoms with Crippen molar-refractivity contribution >= 4 is 5.69 Å². The first-order chi connectivity index (χ1) is 9.01. The topological polar surface area (TPSA) is 72.1 Å². The molecule has 0 fully saturated rings. The molecule has 0 spiro atoms. The zero-order chi connectivity index (χ0) is 14.0. The SMILES string of the molecule is CC(C)Cn1cc(-c2cnn(C)c2)cc(NO)c1=O. The third kappa shape index (κ3) is 2.85. The van der Waals surface area contributed by atoms with E-state index in [0.717, 1.165) is 11.1 Å². The second kappa shape index (κ2) is 5.27. The van der Waals surface area contributed by atoms with Gasteiger partial charge in [0.1, 0.15) is 5.69 Å². The van der Waals surface area contributed by atoms with Crippen LogP contribution in [0.1, 0.15) is 13.8 Å². The monoisotopic (exact) mass is 262 g/mol. The van der Waals surface area contributed by atoms with Gasteiger partial charge in [0.25, 0.3) is 5.56 Å². The van der Waals surface area contributed by atoms with E-state index in [2.05, 4.69) is 5.10 Å². The summed E-state index contributed by atoms with van der Waals surface area (Å²) < 4.78 is 3.30. The van der Waals surface area contributed by atoms with E-state index >= 15 is 0 Å². The number of nitrogens with zero attached hydrogens (tertiary/aromatic N) is 3. The number of pyridine rings is 1. The lowest BCUT2D eigenvalue weighted by atomic mass is 10.1. The lowest BCUT2D eigenvalue weighted by Gasteiger charge is -2.12. The largest absolute Gasteiger partial charge is 0.313 e. The minimum Gasteiger partial charge on any atom is -0.313 e. The third-order valence-electron chi connectivity index (χ3n) is 2.81. The van der Waals surface area contributed by atoms with Crippen LogP contribution in [-0.2, 0) is 13.6 Å². The number of nitrogens with one attached hydrogen (secondary N) is 1. The summed E-state index contributed by atoms with van der Waals surface area (Å²) in [6.07, 6.45) is 5.38. The van der Waals surface area contributed by atoms with Crippen LogP contribution in [0.5, 0.6) is 0 Å². The Kier molecular flexibility index (Phi) is 3.71. The summed E-state index contributed by atoms with van der Waals surface area (Å²) >= 11 is 0. The van der Waals surface area contributed by atoms with Crippen LogP contribution < -0.4 is 11.0 Å². The van der Waals surface area contributed by atoms with Gasteiger partial charge >= 0.3 is 0 Å². The van der Waals surface area contributed by atoms with Gasteiger partial charge in [-0.25, -0.2) is 0 Å². The fraction of sp³-hybridized carbons (Fsp3) is 0.385. The average molecular weight is 262 g/mol. The Morgan fingerprint density at radius 1 is 1.37 bits per heavy atom. The smallest absolute Gasteiger partial charge is 0.276 e. The van der Waals surface area contributed by atoms with E-state index in [1.807, 2.05) is 32.6 Å². The predicted molar refractivity (Wildman–Crippen MR) is 73.2 cm³/mol. The third-order valence-corrected chi connectivity index (χ3v) is 2.81. The lowest BCUT2D eigenvalue weighted by Crippen LogP contribution is -2.24. The molecule has 0 aromatic carbocycles. The molecule has 0 saturated carbocycles. The summed E-state index contributed by atoms with van der Waals surface area (Å²) in [5, 5.41) is 13.2. The first kappa shape index (κ1) is 13.4. The highest BCUT2D eigenvalue weighted by atomic mass is 16.5. The molecule has 2 rings (SSSR count). The number of aromatic nitrogens is 3. The number of hydrogen-bond donors (Lipinski definition) is 2. The molecular formula is C13H18N4O2. The molecule has 0 radical (unpaired) electrons. The number of hydrogen-bond acceptors (Lipinski definition) is 4. The van der Waals surface area contributed by atoms with Gasteiger partial charge in [0.2, 0.25) is 0 Å². The van der Waals surface area contributed by atoms with E-state index in [1.165, 1.54) is 0 Å². The van der Waals surface area contributed by atoms with Crippen molar-refractivity contribution < 1.29 is 5.21 Å². The first-order valence-corrected chi connectivity index (χ1v) is 6.15. The van der Waals surface area contributed by atoms with Gasteiger partial charge in [-0.2, -0.15) is 5.10 Å². The van der Waals surface area contributed by atoms with Gasteiger partial charge in [0, 0.05) is 37.1 Å². The van der Waals surface area contributed by atoms with Crippen LogP contribution in [0.25, 0.3) is 11.1 Å². The van der Waals surface area contributed by atoms with Gasteiger partial charge in [-0.1, -0.05) is 13.8 Å². The van der Waals surface area contributed by atoms with E-state index in [9.17, 15) is 4.79 Å². The van der Waals surface area contributed by atoms with Crippen molar-refractivity contribution in [2.24, 2.45) is 13.0 Å². The Bertz CT molecular complexity index is 628. The first-order valence-electron chi connectivity index (χ1n) is 6.15. The molecule has 0 bridgehead atoms. The Morgan fingerprint density at radius 3 is 2.63 bits per heavy atom. The molecule has 102 valence electrons. The fourth-order valence-corrected chi connectivity index (χ4v) is 1.97. The summed E-state index contributed by atoms with van der Waals surface area (Å²) in [6.45, 7) is 4.67. The minimum absolute atomic E-state index is 0.169. The van der Waals surface area contributed by atoms with Gasteiger partial charge in [-0.3, -0.25) is 20.2 Å². The summed E-state index contributed by atoms with van der Waals surface area (Å²) in [5.41, 5.74) is 3.64. The Labute approximate surface area is 111 Å². The Morgan fingerprint density at radius 2 is 2.11 bits per heavy atom. The van der Waals surface area contributed by atoms with Crippen molar-refractivity contribution in [1.29, 1.82) is 0 Å². The van der Waals surface area contributed by atoms with Crippen molar-refractivity contribution in [2.45, 2.75) is 20.4 Å². The Hall–Kier alpha value is -2.08. The van der Waals surface area contributed by atoms with E-state index in [4.69, 9.17) is 5.21 Å². The van der Waals surface area contributed by atoms with Crippen molar-refractivity contribution in [1.82, 2.24) is 14.3 Å². The van der Waals surface area contributed by atoms with Crippen LogP contribution in [0, 0.1) is 5.92 Å². The van der Waals surface area contributed by atoms with Crippen molar-refractivity contribution in [3.63, 3.8) is 0 Å². The summed E-state index contributed by atoms with van der Waals surface area (Å²) in [5.74, 6) is 0.341. The van der Waals surface area contributed by atoms with Gasteiger partial charge in [-0.15, -0.1) is 0 Å². The van der Waals surface area contributed by atoms with Crippen molar-refractivity contribution in [3.05, 3.63) is 35.0 Å². The zero-order valence-electron chi connectivity index (χ0n) is 11.3. The number of anilines is 1. The van der Waals surface area contributed by atoms with Crippen molar-refractivity contribution in [2.75, 3.05) is 5.48 Å². The van der Waals surface area contributed by atoms with E-state index in [1.54, 1.807) is 27.7 Å². The number of aryl methyl sites for hydroxylation is 1. The quantitative estimate of drug-likeness (QED) is 0.823. The van der Waals surface area contributed by atoms with Crippen LogP contribution in [0.2, 0.25) is 0 Å². The molecule has 0 unspecified atom stereocenters.